The third-order valence-corrected chi connectivity index (χ3v) is 4.16. The number of piperidine rings is 1. The van der Waals surface area contributed by atoms with Crippen LogP contribution in [-0.4, -0.2) is 37.4 Å². The van der Waals surface area contributed by atoms with E-state index in [1.165, 1.54) is 19.3 Å². The summed E-state index contributed by atoms with van der Waals surface area (Å²) in [4.78, 5) is 14.8. The van der Waals surface area contributed by atoms with Gasteiger partial charge in [-0.1, -0.05) is 24.9 Å². The van der Waals surface area contributed by atoms with E-state index in [2.05, 4.69) is 4.90 Å². The molecule has 1 aliphatic heterocycles. The molecule has 20 heavy (non-hydrogen) atoms. The Kier molecular flexibility index (Phi) is 5.44. The van der Waals surface area contributed by atoms with Crippen LogP contribution in [0.15, 0.2) is 18.2 Å². The van der Waals surface area contributed by atoms with Gasteiger partial charge in [0.25, 0.3) is 0 Å². The number of carbonyl (C=O) groups is 1. The predicted molar refractivity (Wildman–Crippen MR) is 81.8 cm³/mol. The molecule has 0 amide bonds. The minimum atomic E-state index is -0.00226. The van der Waals surface area contributed by atoms with Gasteiger partial charge in [-0.2, -0.15) is 0 Å². The Labute approximate surface area is 125 Å². The maximum atomic E-state index is 12.4. The van der Waals surface area contributed by atoms with E-state index >= 15 is 0 Å². The summed E-state index contributed by atoms with van der Waals surface area (Å²) < 4.78 is 5.11. The number of carbonyl (C=O) groups excluding carboxylic acids is 1. The topological polar surface area (TPSA) is 29.5 Å². The van der Waals surface area contributed by atoms with Crippen molar-refractivity contribution in [2.45, 2.75) is 26.2 Å². The minimum Gasteiger partial charge on any atom is -0.495 e. The van der Waals surface area contributed by atoms with Crippen molar-refractivity contribution >= 4 is 17.4 Å². The Morgan fingerprint density at radius 2 is 2.05 bits per heavy atom. The van der Waals surface area contributed by atoms with Crippen molar-refractivity contribution in [3.63, 3.8) is 0 Å². The molecule has 3 nitrogen and oxygen atoms in total. The van der Waals surface area contributed by atoms with Crippen molar-refractivity contribution in [3.8, 4) is 5.75 Å². The van der Waals surface area contributed by atoms with Crippen LogP contribution in [-0.2, 0) is 0 Å². The Morgan fingerprint density at radius 3 is 2.65 bits per heavy atom. The average molecular weight is 296 g/mol. The Bertz CT molecular complexity index is 470. The highest BCUT2D eigenvalue weighted by Gasteiger charge is 2.20. The first-order chi connectivity index (χ1) is 9.61. The van der Waals surface area contributed by atoms with Gasteiger partial charge in [0.1, 0.15) is 5.75 Å². The summed E-state index contributed by atoms with van der Waals surface area (Å²) in [5, 5.41) is 0.489. The van der Waals surface area contributed by atoms with Crippen molar-refractivity contribution in [2.75, 3.05) is 26.7 Å². The highest BCUT2D eigenvalue weighted by Crippen LogP contribution is 2.26. The number of nitrogens with zero attached hydrogens (tertiary/aromatic N) is 1. The number of ether oxygens (including phenoxy) is 1. The summed E-state index contributed by atoms with van der Waals surface area (Å²) in [6, 6.07) is 5.25. The van der Waals surface area contributed by atoms with Crippen LogP contribution in [0.3, 0.4) is 0 Å². The van der Waals surface area contributed by atoms with Gasteiger partial charge in [-0.05, 0) is 44.1 Å². The summed E-state index contributed by atoms with van der Waals surface area (Å²) in [5.74, 6) is 0.754. The number of hydrogen-bond acceptors (Lipinski definition) is 3. The van der Waals surface area contributed by atoms with E-state index in [0.717, 1.165) is 19.6 Å². The molecule has 4 heteroatoms. The van der Waals surface area contributed by atoms with E-state index in [9.17, 15) is 4.79 Å². The lowest BCUT2D eigenvalue weighted by atomic mass is 9.98. The highest BCUT2D eigenvalue weighted by molar-refractivity contribution is 6.32. The normalized spacial score (nSPS) is 17.8. The van der Waals surface area contributed by atoms with Gasteiger partial charge in [0, 0.05) is 18.0 Å². The third-order valence-electron chi connectivity index (χ3n) is 3.86. The summed E-state index contributed by atoms with van der Waals surface area (Å²) in [7, 11) is 1.57. The number of rotatable bonds is 5. The lowest BCUT2D eigenvalue weighted by Crippen LogP contribution is -2.35. The molecule has 0 aromatic heterocycles. The van der Waals surface area contributed by atoms with E-state index in [-0.39, 0.29) is 11.7 Å². The first kappa shape index (κ1) is 15.3. The number of Topliss-reactive ketones (excluding diaryl/α,β-unsaturated/α-hetero) is 1. The number of likely N-dealkylation sites (tertiary alicyclic amines) is 1. The predicted octanol–water partition coefficient (Wildman–Crippen LogP) is 3.65. The lowest BCUT2D eigenvalue weighted by Gasteiger charge is -2.28. The molecule has 0 spiro atoms. The highest BCUT2D eigenvalue weighted by atomic mass is 35.5. The monoisotopic (exact) mass is 295 g/mol. The number of benzene rings is 1. The van der Waals surface area contributed by atoms with Crippen LogP contribution in [0.4, 0.5) is 0 Å². The second kappa shape index (κ2) is 7.09. The van der Waals surface area contributed by atoms with Crippen molar-refractivity contribution in [1.82, 2.24) is 4.90 Å². The molecule has 0 N–H and O–H groups in total. The standard InChI is InChI=1S/C16H22ClNO2/c1-12(11-18-8-4-3-5-9-18)16(19)13-6-7-15(20-2)14(17)10-13/h6-7,10,12H,3-5,8-9,11H2,1-2H3. The van der Waals surface area contributed by atoms with Gasteiger partial charge in [-0.15, -0.1) is 0 Å². The van der Waals surface area contributed by atoms with Gasteiger partial charge in [0.05, 0.1) is 12.1 Å². The number of ketones is 1. The fourth-order valence-corrected chi connectivity index (χ4v) is 2.97. The molecule has 1 unspecified atom stereocenters. The molecule has 2 rings (SSSR count). The van der Waals surface area contributed by atoms with Gasteiger partial charge in [-0.3, -0.25) is 4.79 Å². The average Bonchev–Trinajstić information content (AvgIpc) is 2.47. The van der Waals surface area contributed by atoms with Crippen LogP contribution in [0.5, 0.6) is 5.75 Å². The van der Waals surface area contributed by atoms with E-state index in [1.54, 1.807) is 25.3 Å². The van der Waals surface area contributed by atoms with Crippen LogP contribution in [0.25, 0.3) is 0 Å². The Hall–Kier alpha value is -1.06. The molecular weight excluding hydrogens is 274 g/mol. The Morgan fingerprint density at radius 1 is 1.35 bits per heavy atom. The van der Waals surface area contributed by atoms with Crippen molar-refractivity contribution < 1.29 is 9.53 Å². The van der Waals surface area contributed by atoms with Crippen molar-refractivity contribution in [3.05, 3.63) is 28.8 Å². The van der Waals surface area contributed by atoms with Gasteiger partial charge in [0.2, 0.25) is 0 Å². The molecule has 1 atom stereocenters. The quantitative estimate of drug-likeness (QED) is 0.777. The van der Waals surface area contributed by atoms with Gasteiger partial charge in [-0.25, -0.2) is 0 Å². The largest absolute Gasteiger partial charge is 0.495 e. The van der Waals surface area contributed by atoms with Gasteiger partial charge in [0.15, 0.2) is 5.78 Å². The van der Waals surface area contributed by atoms with Gasteiger partial charge >= 0.3 is 0 Å². The summed E-state index contributed by atoms with van der Waals surface area (Å²) in [6.07, 6.45) is 3.80. The molecule has 0 bridgehead atoms. The van der Waals surface area contributed by atoms with E-state index in [0.29, 0.717) is 16.3 Å². The molecule has 1 aliphatic rings. The maximum absolute atomic E-state index is 12.4. The lowest BCUT2D eigenvalue weighted by molar-refractivity contribution is 0.0883. The first-order valence-electron chi connectivity index (χ1n) is 7.22. The van der Waals surface area contributed by atoms with Crippen LogP contribution < -0.4 is 4.74 Å². The summed E-state index contributed by atoms with van der Waals surface area (Å²) >= 11 is 6.08. The van der Waals surface area contributed by atoms with Crippen LogP contribution in [0, 0.1) is 5.92 Å². The number of hydrogen-bond donors (Lipinski definition) is 0. The van der Waals surface area contributed by atoms with Crippen LogP contribution in [0.1, 0.15) is 36.5 Å². The summed E-state index contributed by atoms with van der Waals surface area (Å²) in [5.41, 5.74) is 0.667. The molecule has 0 aliphatic carbocycles. The first-order valence-corrected chi connectivity index (χ1v) is 7.59. The molecule has 1 aromatic rings. The number of methoxy groups -OCH3 is 1. The smallest absolute Gasteiger partial charge is 0.166 e. The van der Waals surface area contributed by atoms with Gasteiger partial charge < -0.3 is 9.64 Å². The van der Waals surface area contributed by atoms with E-state index in [1.807, 2.05) is 6.92 Å². The fourth-order valence-electron chi connectivity index (χ4n) is 2.72. The van der Waals surface area contributed by atoms with E-state index in [4.69, 9.17) is 16.3 Å². The van der Waals surface area contributed by atoms with Crippen molar-refractivity contribution in [2.24, 2.45) is 5.92 Å². The SMILES string of the molecule is COc1ccc(C(=O)C(C)CN2CCCCC2)cc1Cl. The zero-order valence-electron chi connectivity index (χ0n) is 12.2. The fraction of sp³-hybridized carbons (Fsp3) is 0.562. The number of halogens is 1. The molecule has 1 saturated heterocycles. The minimum absolute atomic E-state index is 0.00226. The zero-order chi connectivity index (χ0) is 14.5. The second-order valence-electron chi connectivity index (χ2n) is 5.48. The molecule has 1 fully saturated rings. The maximum Gasteiger partial charge on any atom is 0.166 e. The Balaban J connectivity index is 2.00. The molecule has 110 valence electrons. The molecule has 0 saturated carbocycles. The van der Waals surface area contributed by atoms with Crippen molar-refractivity contribution in [1.29, 1.82) is 0 Å². The van der Waals surface area contributed by atoms with Crippen LogP contribution >= 0.6 is 11.6 Å². The zero-order valence-corrected chi connectivity index (χ0v) is 12.9. The second-order valence-corrected chi connectivity index (χ2v) is 5.88. The summed E-state index contributed by atoms with van der Waals surface area (Å²) in [6.45, 7) is 5.06. The molecular formula is C16H22ClNO2. The third kappa shape index (κ3) is 3.74. The molecule has 1 heterocycles. The molecule has 0 radical (unpaired) electrons. The van der Waals surface area contributed by atoms with Crippen LogP contribution in [0.2, 0.25) is 5.02 Å². The van der Waals surface area contributed by atoms with E-state index < -0.39 is 0 Å². The molecule has 1 aromatic carbocycles.